The summed E-state index contributed by atoms with van der Waals surface area (Å²) in [7, 11) is 0. The van der Waals surface area contributed by atoms with Gasteiger partial charge in [0.2, 0.25) is 0 Å². The topological polar surface area (TPSA) is 70.6 Å². The van der Waals surface area contributed by atoms with Crippen LogP contribution in [0.25, 0.3) is 11.4 Å². The van der Waals surface area contributed by atoms with E-state index >= 15 is 0 Å². The van der Waals surface area contributed by atoms with Crippen LogP contribution in [0, 0.1) is 6.92 Å². The number of nitrogens with zero attached hydrogens (tertiary/aromatic N) is 5. The third-order valence-electron chi connectivity index (χ3n) is 3.86. The molecule has 1 aliphatic rings. The second kappa shape index (κ2) is 5.22. The average molecular weight is 292 g/mol. The van der Waals surface area contributed by atoms with Crippen molar-refractivity contribution in [2.45, 2.75) is 12.8 Å². The summed E-state index contributed by atoms with van der Waals surface area (Å²) in [4.78, 5) is 15.7. The minimum absolute atomic E-state index is 0.375. The van der Waals surface area contributed by atoms with E-state index < -0.39 is 0 Å². The number of H-pyrrole nitrogens is 1. The zero-order valence-corrected chi connectivity index (χ0v) is 12.3. The van der Waals surface area contributed by atoms with Gasteiger partial charge >= 0.3 is 0 Å². The molecule has 0 spiro atoms. The van der Waals surface area contributed by atoms with Crippen molar-refractivity contribution in [2.75, 3.05) is 18.0 Å². The molecule has 0 amide bonds. The molecule has 3 heterocycles. The maximum atomic E-state index is 4.66. The second-order valence-corrected chi connectivity index (χ2v) is 5.49. The predicted octanol–water partition coefficient (Wildman–Crippen LogP) is 2.17. The monoisotopic (exact) mass is 292 g/mol. The van der Waals surface area contributed by atoms with Crippen molar-refractivity contribution in [3.63, 3.8) is 0 Å². The highest BCUT2D eigenvalue weighted by Crippen LogP contribution is 2.29. The van der Waals surface area contributed by atoms with Crippen molar-refractivity contribution in [3.05, 3.63) is 54.2 Å². The van der Waals surface area contributed by atoms with Crippen LogP contribution in [0.15, 0.2) is 42.6 Å². The Morgan fingerprint density at radius 2 is 1.91 bits per heavy atom. The normalized spacial score (nSPS) is 14.9. The number of hydrogen-bond donors (Lipinski definition) is 1. The van der Waals surface area contributed by atoms with E-state index in [1.54, 1.807) is 0 Å². The molecule has 1 fully saturated rings. The summed E-state index contributed by atoms with van der Waals surface area (Å²) in [6.07, 6.45) is 1.81. The number of rotatable bonds is 3. The van der Waals surface area contributed by atoms with Gasteiger partial charge in [-0.05, 0) is 13.0 Å². The van der Waals surface area contributed by atoms with Gasteiger partial charge in [0, 0.05) is 24.8 Å². The molecule has 2 aromatic heterocycles. The minimum Gasteiger partial charge on any atom is -0.355 e. The number of anilines is 1. The van der Waals surface area contributed by atoms with Crippen molar-refractivity contribution in [1.29, 1.82) is 0 Å². The molecule has 1 N–H and O–H groups in total. The molecule has 0 saturated carbocycles. The largest absolute Gasteiger partial charge is 0.355 e. The summed E-state index contributed by atoms with van der Waals surface area (Å²) in [6, 6.07) is 12.0. The Kier molecular flexibility index (Phi) is 3.07. The molecule has 1 aliphatic heterocycles. The van der Waals surface area contributed by atoms with E-state index in [0.717, 1.165) is 41.9 Å². The van der Waals surface area contributed by atoms with Crippen molar-refractivity contribution < 1.29 is 0 Å². The Morgan fingerprint density at radius 1 is 1.09 bits per heavy atom. The molecule has 3 aromatic rings. The fraction of sp³-hybridized carbons (Fsp3) is 0.250. The standard InChI is InChI=1S/C16H16N6/c1-11-18-16(21-20-11)13-9-22(10-13)14-7-8-17-15(19-14)12-5-3-2-4-6-12/h2-8,13H,9-10H2,1H3,(H,18,20,21). The lowest BCUT2D eigenvalue weighted by molar-refractivity contribution is 0.497. The summed E-state index contributed by atoms with van der Waals surface area (Å²) in [5, 5.41) is 7.13. The summed E-state index contributed by atoms with van der Waals surface area (Å²) in [5.41, 5.74) is 1.03. The molecule has 1 aromatic carbocycles. The van der Waals surface area contributed by atoms with Gasteiger partial charge in [-0.1, -0.05) is 30.3 Å². The first-order chi connectivity index (χ1) is 10.8. The van der Waals surface area contributed by atoms with Gasteiger partial charge in [-0.15, -0.1) is 0 Å². The van der Waals surface area contributed by atoms with E-state index in [1.165, 1.54) is 0 Å². The van der Waals surface area contributed by atoms with Crippen LogP contribution in [0.1, 0.15) is 17.6 Å². The van der Waals surface area contributed by atoms with Gasteiger partial charge in [0.05, 0.1) is 5.92 Å². The van der Waals surface area contributed by atoms with Crippen LogP contribution >= 0.6 is 0 Å². The SMILES string of the molecule is Cc1nc(C2CN(c3ccnc(-c4ccccc4)n3)C2)n[nH]1. The van der Waals surface area contributed by atoms with Crippen molar-refractivity contribution in [2.24, 2.45) is 0 Å². The van der Waals surface area contributed by atoms with Crippen LogP contribution < -0.4 is 4.90 Å². The fourth-order valence-electron chi connectivity index (χ4n) is 2.62. The smallest absolute Gasteiger partial charge is 0.161 e. The second-order valence-electron chi connectivity index (χ2n) is 5.49. The van der Waals surface area contributed by atoms with Gasteiger partial charge in [0.15, 0.2) is 11.6 Å². The van der Waals surface area contributed by atoms with Crippen LogP contribution in [-0.4, -0.2) is 38.2 Å². The molecule has 4 rings (SSSR count). The fourth-order valence-corrected chi connectivity index (χ4v) is 2.62. The molecule has 0 atom stereocenters. The van der Waals surface area contributed by atoms with Gasteiger partial charge in [-0.2, -0.15) is 5.10 Å². The quantitative estimate of drug-likeness (QED) is 0.801. The van der Waals surface area contributed by atoms with Crippen LogP contribution in [0.4, 0.5) is 5.82 Å². The Labute approximate surface area is 128 Å². The molecule has 22 heavy (non-hydrogen) atoms. The minimum atomic E-state index is 0.375. The number of aromatic nitrogens is 5. The van der Waals surface area contributed by atoms with E-state index in [0.29, 0.717) is 5.92 Å². The first kappa shape index (κ1) is 12.9. The number of nitrogens with one attached hydrogen (secondary N) is 1. The van der Waals surface area contributed by atoms with E-state index in [4.69, 9.17) is 0 Å². The van der Waals surface area contributed by atoms with E-state index in [2.05, 4.69) is 30.0 Å². The van der Waals surface area contributed by atoms with Crippen LogP contribution in [-0.2, 0) is 0 Å². The van der Waals surface area contributed by atoms with E-state index in [1.807, 2.05) is 49.5 Å². The maximum Gasteiger partial charge on any atom is 0.161 e. The third kappa shape index (κ3) is 2.32. The number of aromatic amines is 1. The van der Waals surface area contributed by atoms with Gasteiger partial charge in [-0.3, -0.25) is 5.10 Å². The van der Waals surface area contributed by atoms with Gasteiger partial charge in [-0.25, -0.2) is 15.0 Å². The third-order valence-corrected chi connectivity index (χ3v) is 3.86. The van der Waals surface area contributed by atoms with E-state index in [-0.39, 0.29) is 0 Å². The number of aryl methyl sites for hydroxylation is 1. The predicted molar refractivity (Wildman–Crippen MR) is 83.5 cm³/mol. The zero-order valence-electron chi connectivity index (χ0n) is 12.3. The molecule has 0 unspecified atom stereocenters. The van der Waals surface area contributed by atoms with Gasteiger partial charge in [0.25, 0.3) is 0 Å². The Hall–Kier alpha value is -2.76. The summed E-state index contributed by atoms with van der Waals surface area (Å²) >= 11 is 0. The molecule has 6 nitrogen and oxygen atoms in total. The van der Waals surface area contributed by atoms with Crippen LogP contribution in [0.3, 0.4) is 0 Å². The molecule has 0 radical (unpaired) electrons. The highest BCUT2D eigenvalue weighted by atomic mass is 15.3. The summed E-state index contributed by atoms with van der Waals surface area (Å²) < 4.78 is 0. The number of benzene rings is 1. The molecular formula is C16H16N6. The summed E-state index contributed by atoms with van der Waals surface area (Å²) in [6.45, 7) is 3.70. The molecular weight excluding hydrogens is 276 g/mol. The van der Waals surface area contributed by atoms with Gasteiger partial charge in [0.1, 0.15) is 11.6 Å². The Balaban J connectivity index is 1.51. The Bertz CT molecular complexity index is 776. The Morgan fingerprint density at radius 3 is 2.64 bits per heavy atom. The van der Waals surface area contributed by atoms with Gasteiger partial charge < -0.3 is 4.90 Å². The molecule has 6 heteroatoms. The first-order valence-electron chi connectivity index (χ1n) is 7.32. The highest BCUT2D eigenvalue weighted by Gasteiger charge is 2.32. The number of hydrogen-bond acceptors (Lipinski definition) is 5. The van der Waals surface area contributed by atoms with Crippen LogP contribution in [0.5, 0.6) is 0 Å². The highest BCUT2D eigenvalue weighted by molar-refractivity contribution is 5.57. The lowest BCUT2D eigenvalue weighted by atomic mass is 9.99. The lowest BCUT2D eigenvalue weighted by Crippen LogP contribution is -2.46. The van der Waals surface area contributed by atoms with Crippen LogP contribution in [0.2, 0.25) is 0 Å². The molecule has 0 bridgehead atoms. The zero-order chi connectivity index (χ0) is 14.9. The van der Waals surface area contributed by atoms with Crippen molar-refractivity contribution >= 4 is 5.82 Å². The molecule has 0 aliphatic carbocycles. The lowest BCUT2D eigenvalue weighted by Gasteiger charge is -2.38. The summed E-state index contributed by atoms with van der Waals surface area (Å²) in [5.74, 6) is 3.85. The molecule has 110 valence electrons. The first-order valence-corrected chi connectivity index (χ1v) is 7.32. The average Bonchev–Trinajstić information content (AvgIpc) is 2.93. The maximum absolute atomic E-state index is 4.66. The van der Waals surface area contributed by atoms with Crippen molar-refractivity contribution in [3.8, 4) is 11.4 Å². The molecule has 1 saturated heterocycles. The van der Waals surface area contributed by atoms with Crippen molar-refractivity contribution in [1.82, 2.24) is 25.1 Å². The van der Waals surface area contributed by atoms with E-state index in [9.17, 15) is 0 Å².